The predicted molar refractivity (Wildman–Crippen MR) is 77.0 cm³/mol. The minimum absolute atomic E-state index is 0.0112. The maximum Gasteiger partial charge on any atom is 0.311 e. The molecular formula is C14H22N2O4. The highest BCUT2D eigenvalue weighted by molar-refractivity contribution is 5.48. The SMILES string of the molecule is COc1ccc(CNCCOCC(C)C)cc1[N+](=O)[O-]. The van der Waals surface area contributed by atoms with E-state index in [-0.39, 0.29) is 11.4 Å². The molecule has 1 N–H and O–H groups in total. The van der Waals surface area contributed by atoms with Crippen LogP contribution in [0.2, 0.25) is 0 Å². The first-order chi connectivity index (χ1) is 9.54. The molecule has 1 aromatic carbocycles. The van der Waals surface area contributed by atoms with E-state index in [4.69, 9.17) is 9.47 Å². The predicted octanol–water partition coefficient (Wildman–Crippen LogP) is 2.37. The first kappa shape index (κ1) is 16.4. The molecule has 0 aliphatic rings. The van der Waals surface area contributed by atoms with Gasteiger partial charge >= 0.3 is 5.69 Å². The molecular weight excluding hydrogens is 260 g/mol. The van der Waals surface area contributed by atoms with E-state index >= 15 is 0 Å². The van der Waals surface area contributed by atoms with E-state index < -0.39 is 4.92 Å². The first-order valence-electron chi connectivity index (χ1n) is 6.64. The lowest BCUT2D eigenvalue weighted by molar-refractivity contribution is -0.385. The largest absolute Gasteiger partial charge is 0.490 e. The fourth-order valence-electron chi connectivity index (χ4n) is 1.68. The van der Waals surface area contributed by atoms with Crippen molar-refractivity contribution < 1.29 is 14.4 Å². The van der Waals surface area contributed by atoms with Crippen molar-refractivity contribution in [3.8, 4) is 5.75 Å². The van der Waals surface area contributed by atoms with E-state index in [2.05, 4.69) is 19.2 Å². The van der Waals surface area contributed by atoms with Gasteiger partial charge < -0.3 is 14.8 Å². The summed E-state index contributed by atoms with van der Waals surface area (Å²) in [6.45, 7) is 6.86. The highest BCUT2D eigenvalue weighted by Crippen LogP contribution is 2.27. The Kier molecular flexibility index (Phi) is 6.97. The van der Waals surface area contributed by atoms with Crippen LogP contribution in [0.3, 0.4) is 0 Å². The second-order valence-electron chi connectivity index (χ2n) is 4.91. The summed E-state index contributed by atoms with van der Waals surface area (Å²) in [6, 6.07) is 4.96. The van der Waals surface area contributed by atoms with Crippen LogP contribution in [0.5, 0.6) is 5.75 Å². The number of nitrogens with zero attached hydrogens (tertiary/aromatic N) is 1. The van der Waals surface area contributed by atoms with Crippen LogP contribution >= 0.6 is 0 Å². The van der Waals surface area contributed by atoms with Crippen molar-refractivity contribution in [2.24, 2.45) is 5.92 Å². The lowest BCUT2D eigenvalue weighted by Gasteiger charge is -2.08. The lowest BCUT2D eigenvalue weighted by atomic mass is 10.2. The van der Waals surface area contributed by atoms with Gasteiger partial charge in [0.1, 0.15) is 0 Å². The quantitative estimate of drug-likeness (QED) is 0.427. The molecule has 0 bridgehead atoms. The molecule has 0 saturated carbocycles. The molecule has 112 valence electrons. The molecule has 0 atom stereocenters. The number of nitrogens with one attached hydrogen (secondary N) is 1. The summed E-state index contributed by atoms with van der Waals surface area (Å²) in [6.07, 6.45) is 0. The van der Waals surface area contributed by atoms with Crippen molar-refractivity contribution in [2.45, 2.75) is 20.4 Å². The fraction of sp³-hybridized carbons (Fsp3) is 0.571. The number of ether oxygens (including phenoxy) is 2. The molecule has 0 aromatic heterocycles. The topological polar surface area (TPSA) is 73.6 Å². The third-order valence-electron chi connectivity index (χ3n) is 2.64. The normalized spacial score (nSPS) is 10.8. The van der Waals surface area contributed by atoms with Gasteiger partial charge in [0.15, 0.2) is 5.75 Å². The van der Waals surface area contributed by atoms with E-state index in [1.165, 1.54) is 13.2 Å². The van der Waals surface area contributed by atoms with Gasteiger partial charge in [-0.2, -0.15) is 0 Å². The number of hydrogen-bond donors (Lipinski definition) is 1. The Morgan fingerprint density at radius 2 is 2.15 bits per heavy atom. The Balaban J connectivity index is 2.41. The zero-order valence-electron chi connectivity index (χ0n) is 12.2. The Labute approximate surface area is 119 Å². The van der Waals surface area contributed by atoms with Crippen LogP contribution < -0.4 is 10.1 Å². The Morgan fingerprint density at radius 1 is 1.40 bits per heavy atom. The summed E-state index contributed by atoms with van der Waals surface area (Å²) in [7, 11) is 1.42. The summed E-state index contributed by atoms with van der Waals surface area (Å²) < 4.78 is 10.4. The summed E-state index contributed by atoms with van der Waals surface area (Å²) >= 11 is 0. The Morgan fingerprint density at radius 3 is 2.75 bits per heavy atom. The molecule has 1 aromatic rings. The maximum atomic E-state index is 10.9. The van der Waals surface area contributed by atoms with Crippen molar-refractivity contribution in [1.29, 1.82) is 0 Å². The molecule has 0 aliphatic carbocycles. The molecule has 1 rings (SSSR count). The van der Waals surface area contributed by atoms with Gasteiger partial charge in [-0.1, -0.05) is 19.9 Å². The van der Waals surface area contributed by atoms with Crippen LogP contribution in [0.25, 0.3) is 0 Å². The monoisotopic (exact) mass is 282 g/mol. The van der Waals surface area contributed by atoms with Crippen LogP contribution in [-0.4, -0.2) is 31.8 Å². The van der Waals surface area contributed by atoms with Gasteiger partial charge in [-0.15, -0.1) is 0 Å². The average Bonchev–Trinajstić information content (AvgIpc) is 2.42. The van der Waals surface area contributed by atoms with Gasteiger partial charge in [-0.05, 0) is 17.5 Å². The minimum Gasteiger partial charge on any atom is -0.490 e. The second kappa shape index (κ2) is 8.50. The van der Waals surface area contributed by atoms with Crippen LogP contribution in [0.1, 0.15) is 19.4 Å². The van der Waals surface area contributed by atoms with E-state index in [1.807, 2.05) is 6.07 Å². The van der Waals surface area contributed by atoms with Crippen LogP contribution in [0.15, 0.2) is 18.2 Å². The minimum atomic E-state index is -0.436. The van der Waals surface area contributed by atoms with E-state index in [9.17, 15) is 10.1 Å². The number of rotatable bonds is 9. The molecule has 0 fully saturated rings. The van der Waals surface area contributed by atoms with E-state index in [0.717, 1.165) is 12.2 Å². The third kappa shape index (κ3) is 5.54. The summed E-state index contributed by atoms with van der Waals surface area (Å²) in [5, 5.41) is 14.1. The number of methoxy groups -OCH3 is 1. The number of nitro groups is 1. The maximum absolute atomic E-state index is 10.9. The van der Waals surface area contributed by atoms with Gasteiger partial charge in [0.05, 0.1) is 18.6 Å². The van der Waals surface area contributed by atoms with Gasteiger partial charge in [0.25, 0.3) is 0 Å². The molecule has 6 nitrogen and oxygen atoms in total. The highest BCUT2D eigenvalue weighted by atomic mass is 16.6. The zero-order valence-corrected chi connectivity index (χ0v) is 12.2. The van der Waals surface area contributed by atoms with Gasteiger partial charge in [-0.3, -0.25) is 10.1 Å². The Bertz CT molecular complexity index is 435. The van der Waals surface area contributed by atoms with E-state index in [0.29, 0.717) is 25.6 Å². The van der Waals surface area contributed by atoms with Gasteiger partial charge in [-0.25, -0.2) is 0 Å². The standard InChI is InChI=1S/C14H22N2O4/c1-11(2)10-20-7-6-15-9-12-4-5-14(19-3)13(8-12)16(17)18/h4-5,8,11,15H,6-7,9-10H2,1-3H3. The number of nitro benzene ring substituents is 1. The van der Waals surface area contributed by atoms with Crippen LogP contribution in [0, 0.1) is 16.0 Å². The molecule has 6 heteroatoms. The van der Waals surface area contributed by atoms with Crippen molar-refractivity contribution in [3.63, 3.8) is 0 Å². The second-order valence-corrected chi connectivity index (χ2v) is 4.91. The molecule has 0 aliphatic heterocycles. The zero-order chi connectivity index (χ0) is 15.0. The highest BCUT2D eigenvalue weighted by Gasteiger charge is 2.14. The Hall–Kier alpha value is -1.66. The van der Waals surface area contributed by atoms with Crippen molar-refractivity contribution in [3.05, 3.63) is 33.9 Å². The van der Waals surface area contributed by atoms with E-state index in [1.54, 1.807) is 6.07 Å². The molecule has 0 amide bonds. The summed E-state index contributed by atoms with van der Waals surface area (Å²) in [5.74, 6) is 0.804. The first-order valence-corrected chi connectivity index (χ1v) is 6.64. The smallest absolute Gasteiger partial charge is 0.311 e. The average molecular weight is 282 g/mol. The van der Waals surface area contributed by atoms with Gasteiger partial charge in [0.2, 0.25) is 0 Å². The number of hydrogen-bond acceptors (Lipinski definition) is 5. The molecule has 0 radical (unpaired) electrons. The number of benzene rings is 1. The fourth-order valence-corrected chi connectivity index (χ4v) is 1.68. The van der Waals surface area contributed by atoms with Crippen LogP contribution in [-0.2, 0) is 11.3 Å². The molecule has 0 unspecified atom stereocenters. The third-order valence-corrected chi connectivity index (χ3v) is 2.64. The molecule has 20 heavy (non-hydrogen) atoms. The summed E-state index contributed by atoms with van der Waals surface area (Å²) in [5.41, 5.74) is 0.837. The van der Waals surface area contributed by atoms with Crippen molar-refractivity contribution >= 4 is 5.69 Å². The molecule has 0 spiro atoms. The molecule has 0 heterocycles. The van der Waals surface area contributed by atoms with Crippen molar-refractivity contribution in [2.75, 3.05) is 26.9 Å². The van der Waals surface area contributed by atoms with Gasteiger partial charge in [0, 0.05) is 25.8 Å². The lowest BCUT2D eigenvalue weighted by Crippen LogP contribution is -2.20. The summed E-state index contributed by atoms with van der Waals surface area (Å²) in [4.78, 5) is 10.5. The van der Waals surface area contributed by atoms with Crippen molar-refractivity contribution in [1.82, 2.24) is 5.32 Å². The molecule has 0 saturated heterocycles. The van der Waals surface area contributed by atoms with Crippen LogP contribution in [0.4, 0.5) is 5.69 Å².